The van der Waals surface area contributed by atoms with Gasteiger partial charge < -0.3 is 15.6 Å². The van der Waals surface area contributed by atoms with Crippen molar-refractivity contribution in [2.24, 2.45) is 5.73 Å². The van der Waals surface area contributed by atoms with Crippen LogP contribution in [0.2, 0.25) is 0 Å². The number of carbonyl (C=O) groups is 1. The first-order chi connectivity index (χ1) is 7.07. The van der Waals surface area contributed by atoms with Gasteiger partial charge in [0, 0.05) is 18.2 Å². The first-order valence-corrected chi connectivity index (χ1v) is 4.32. The van der Waals surface area contributed by atoms with E-state index < -0.39 is 17.8 Å². The minimum absolute atomic E-state index is 0.0305. The molecule has 0 aliphatic carbocycles. The predicted octanol–water partition coefficient (Wildman–Crippen LogP) is 1.06. The van der Waals surface area contributed by atoms with Crippen molar-refractivity contribution in [3.63, 3.8) is 0 Å². The van der Waals surface area contributed by atoms with Gasteiger partial charge in [-0.2, -0.15) is 0 Å². The molecule has 0 aliphatic heterocycles. The summed E-state index contributed by atoms with van der Waals surface area (Å²) in [4.78, 5) is 10.6. The van der Waals surface area contributed by atoms with E-state index in [4.69, 9.17) is 15.6 Å². The minimum Gasteiger partial charge on any atom is -0.480 e. The zero-order valence-electron chi connectivity index (χ0n) is 8.24. The van der Waals surface area contributed by atoms with Crippen LogP contribution in [0.15, 0.2) is 18.2 Å². The van der Waals surface area contributed by atoms with E-state index in [1.54, 1.807) is 6.07 Å². The Labute approximate surface area is 86.5 Å². The summed E-state index contributed by atoms with van der Waals surface area (Å²) in [5.41, 5.74) is 5.59. The molecule has 0 saturated carbocycles. The molecule has 15 heavy (non-hydrogen) atoms. The Morgan fingerprint density at radius 1 is 1.67 bits per heavy atom. The molecular weight excluding hydrogens is 201 g/mol. The van der Waals surface area contributed by atoms with Crippen molar-refractivity contribution in [2.45, 2.75) is 12.6 Å². The fourth-order valence-corrected chi connectivity index (χ4v) is 1.24. The highest BCUT2D eigenvalue weighted by Crippen LogP contribution is 2.19. The number of aliphatic carboxylic acids is 1. The maximum Gasteiger partial charge on any atom is 0.325 e. The summed E-state index contributed by atoms with van der Waals surface area (Å²) in [5, 5.41) is 8.66. The third kappa shape index (κ3) is 2.51. The number of hydrogen-bond acceptors (Lipinski definition) is 3. The lowest BCUT2D eigenvalue weighted by atomic mass is 10.0. The molecule has 1 atom stereocenters. The van der Waals surface area contributed by atoms with Crippen LogP contribution in [-0.2, 0) is 16.1 Å². The summed E-state index contributed by atoms with van der Waals surface area (Å²) in [6.45, 7) is 0.0893. The second-order valence-electron chi connectivity index (χ2n) is 3.07. The minimum atomic E-state index is -1.35. The number of carboxylic acids is 1. The molecule has 0 amide bonds. The zero-order chi connectivity index (χ0) is 11.4. The van der Waals surface area contributed by atoms with Gasteiger partial charge in [0.25, 0.3) is 0 Å². The lowest BCUT2D eigenvalue weighted by Gasteiger charge is -2.10. The van der Waals surface area contributed by atoms with E-state index in [0.29, 0.717) is 5.56 Å². The van der Waals surface area contributed by atoms with Crippen LogP contribution >= 0.6 is 0 Å². The Bertz CT molecular complexity index is 368. The number of halogens is 1. The summed E-state index contributed by atoms with van der Waals surface area (Å²) in [6.07, 6.45) is 0. The molecule has 4 nitrogen and oxygen atoms in total. The van der Waals surface area contributed by atoms with Crippen LogP contribution < -0.4 is 5.73 Å². The highest BCUT2D eigenvalue weighted by atomic mass is 19.1. The smallest absolute Gasteiger partial charge is 0.325 e. The number of benzene rings is 1. The zero-order valence-corrected chi connectivity index (χ0v) is 8.24. The van der Waals surface area contributed by atoms with Gasteiger partial charge in [-0.25, -0.2) is 4.39 Å². The Morgan fingerprint density at radius 3 is 2.87 bits per heavy atom. The van der Waals surface area contributed by atoms with Gasteiger partial charge in [-0.15, -0.1) is 0 Å². The van der Waals surface area contributed by atoms with Gasteiger partial charge in [0.1, 0.15) is 11.9 Å². The largest absolute Gasteiger partial charge is 0.480 e. The van der Waals surface area contributed by atoms with Crippen molar-refractivity contribution in [1.29, 1.82) is 0 Å². The van der Waals surface area contributed by atoms with Gasteiger partial charge in [-0.3, -0.25) is 4.79 Å². The number of methoxy groups -OCH3 is 1. The number of ether oxygens (including phenoxy) is 1. The molecule has 1 unspecified atom stereocenters. The molecule has 0 radical (unpaired) electrons. The van der Waals surface area contributed by atoms with Gasteiger partial charge in [0.05, 0.1) is 6.61 Å². The average Bonchev–Trinajstić information content (AvgIpc) is 2.20. The van der Waals surface area contributed by atoms with Crippen molar-refractivity contribution in [3.05, 3.63) is 35.1 Å². The molecule has 82 valence electrons. The monoisotopic (exact) mass is 213 g/mol. The standard InChI is InChI=1S/C10H12FNO3/c1-15-5-6-3-2-4-7(8(6)11)9(12)10(13)14/h2-4,9H,5,12H2,1H3,(H,13,14). The van der Waals surface area contributed by atoms with Crippen LogP contribution in [0.5, 0.6) is 0 Å². The molecule has 0 aliphatic rings. The predicted molar refractivity (Wildman–Crippen MR) is 51.7 cm³/mol. The quantitative estimate of drug-likeness (QED) is 0.784. The molecule has 5 heteroatoms. The SMILES string of the molecule is COCc1cccc(C(N)C(=O)O)c1F. The highest BCUT2D eigenvalue weighted by molar-refractivity contribution is 5.75. The number of rotatable bonds is 4. The van der Waals surface area contributed by atoms with Crippen LogP contribution in [0.3, 0.4) is 0 Å². The third-order valence-corrected chi connectivity index (χ3v) is 2.01. The van der Waals surface area contributed by atoms with Crippen molar-refractivity contribution >= 4 is 5.97 Å². The Kier molecular flexibility index (Phi) is 3.76. The van der Waals surface area contributed by atoms with E-state index in [2.05, 4.69) is 0 Å². The van der Waals surface area contributed by atoms with Crippen LogP contribution in [0.1, 0.15) is 17.2 Å². The van der Waals surface area contributed by atoms with Crippen molar-refractivity contribution < 1.29 is 19.0 Å². The summed E-state index contributed by atoms with van der Waals surface area (Å²) >= 11 is 0. The molecule has 0 heterocycles. The topological polar surface area (TPSA) is 72.5 Å². The molecule has 1 aromatic rings. The second-order valence-corrected chi connectivity index (χ2v) is 3.07. The summed E-state index contributed by atoms with van der Waals surface area (Å²) < 4.78 is 18.4. The van der Waals surface area contributed by atoms with Crippen LogP contribution in [0.25, 0.3) is 0 Å². The number of carboxylic acid groups (broad SMARTS) is 1. The van der Waals surface area contributed by atoms with E-state index in [0.717, 1.165) is 0 Å². The first-order valence-electron chi connectivity index (χ1n) is 4.32. The molecule has 0 saturated heterocycles. The number of hydrogen-bond donors (Lipinski definition) is 2. The molecule has 1 aromatic carbocycles. The summed E-state index contributed by atoms with van der Waals surface area (Å²) in [6, 6.07) is 3.08. The van der Waals surface area contributed by atoms with Crippen LogP contribution in [0.4, 0.5) is 4.39 Å². The van der Waals surface area contributed by atoms with E-state index in [1.807, 2.05) is 0 Å². The van der Waals surface area contributed by atoms with Gasteiger partial charge in [0.2, 0.25) is 0 Å². The first kappa shape index (κ1) is 11.6. The fraction of sp³-hybridized carbons (Fsp3) is 0.300. The number of nitrogens with two attached hydrogens (primary N) is 1. The molecule has 0 fully saturated rings. The molecular formula is C10H12FNO3. The molecule has 3 N–H and O–H groups in total. The lowest BCUT2D eigenvalue weighted by Crippen LogP contribution is -2.22. The summed E-state index contributed by atoms with van der Waals surface area (Å²) in [7, 11) is 1.43. The second kappa shape index (κ2) is 4.86. The third-order valence-electron chi connectivity index (χ3n) is 2.01. The van der Waals surface area contributed by atoms with Gasteiger partial charge in [0.15, 0.2) is 0 Å². The van der Waals surface area contributed by atoms with E-state index in [9.17, 15) is 9.18 Å². The fourth-order valence-electron chi connectivity index (χ4n) is 1.24. The average molecular weight is 213 g/mol. The van der Waals surface area contributed by atoms with Gasteiger partial charge in [-0.1, -0.05) is 18.2 Å². The van der Waals surface area contributed by atoms with Crippen molar-refractivity contribution in [1.82, 2.24) is 0 Å². The van der Waals surface area contributed by atoms with Crippen molar-refractivity contribution in [2.75, 3.05) is 7.11 Å². The van der Waals surface area contributed by atoms with Crippen molar-refractivity contribution in [3.8, 4) is 0 Å². The van der Waals surface area contributed by atoms with E-state index in [-0.39, 0.29) is 12.2 Å². The Morgan fingerprint density at radius 2 is 2.33 bits per heavy atom. The highest BCUT2D eigenvalue weighted by Gasteiger charge is 2.19. The molecule has 0 spiro atoms. The normalized spacial score (nSPS) is 12.5. The van der Waals surface area contributed by atoms with Gasteiger partial charge >= 0.3 is 5.97 Å². The van der Waals surface area contributed by atoms with Crippen LogP contribution in [-0.4, -0.2) is 18.2 Å². The molecule has 1 rings (SSSR count). The van der Waals surface area contributed by atoms with Crippen LogP contribution in [0, 0.1) is 5.82 Å². The maximum atomic E-state index is 13.6. The Balaban J connectivity index is 3.08. The van der Waals surface area contributed by atoms with Gasteiger partial charge in [-0.05, 0) is 0 Å². The summed E-state index contributed by atoms with van der Waals surface area (Å²) in [5.74, 6) is -1.88. The van der Waals surface area contributed by atoms with E-state index in [1.165, 1.54) is 19.2 Å². The Hall–Kier alpha value is -1.46. The molecule has 0 bridgehead atoms. The lowest BCUT2D eigenvalue weighted by molar-refractivity contribution is -0.138. The molecule has 0 aromatic heterocycles. The van der Waals surface area contributed by atoms with E-state index >= 15 is 0 Å². The maximum absolute atomic E-state index is 13.6.